The lowest BCUT2D eigenvalue weighted by atomic mass is 9.54. The van der Waals surface area contributed by atoms with E-state index in [2.05, 4.69) is 13.0 Å². The molecule has 1 saturated carbocycles. The molecule has 1 N–H and O–H groups in total. The zero-order valence-electron chi connectivity index (χ0n) is 21.4. The molecular weight excluding hydrogens is 464 g/mol. The van der Waals surface area contributed by atoms with Crippen LogP contribution in [0.15, 0.2) is 36.0 Å². The van der Waals surface area contributed by atoms with E-state index in [-0.39, 0.29) is 42.9 Å². The molecule has 2 aliphatic carbocycles. The number of cyclic esters (lactones) is 1. The first-order valence-electron chi connectivity index (χ1n) is 13.2. The molecule has 8 heteroatoms. The third kappa shape index (κ3) is 4.80. The lowest BCUT2D eigenvalue weighted by Crippen LogP contribution is -2.66. The highest BCUT2D eigenvalue weighted by atomic mass is 16.6. The number of aliphatic hydroxyl groups is 1. The molecule has 8 nitrogen and oxygen atoms in total. The van der Waals surface area contributed by atoms with Crippen molar-refractivity contribution < 1.29 is 38.4 Å². The Bertz CT molecular complexity index is 949. The normalized spacial score (nSPS) is 45.6. The zero-order chi connectivity index (χ0) is 25.5. The summed E-state index contributed by atoms with van der Waals surface area (Å²) in [6.45, 7) is 6.92. The van der Waals surface area contributed by atoms with E-state index in [0.29, 0.717) is 32.5 Å². The number of allylic oxidation sites excluding steroid dienone is 3. The van der Waals surface area contributed by atoms with Crippen molar-refractivity contribution in [2.75, 3.05) is 19.8 Å². The monoisotopic (exact) mass is 502 g/mol. The molecule has 3 heterocycles. The highest BCUT2D eigenvalue weighted by Crippen LogP contribution is 2.63. The summed E-state index contributed by atoms with van der Waals surface area (Å²) in [6, 6.07) is 0. The van der Waals surface area contributed by atoms with Crippen LogP contribution in [0.2, 0.25) is 0 Å². The Kier molecular flexibility index (Phi) is 7.15. The number of aliphatic hydroxyl groups excluding tert-OH is 1. The van der Waals surface area contributed by atoms with E-state index in [1.165, 1.54) is 11.6 Å². The first-order valence-corrected chi connectivity index (χ1v) is 13.2. The third-order valence-corrected chi connectivity index (χ3v) is 8.81. The second-order valence-electron chi connectivity index (χ2n) is 11.3. The molecule has 3 bridgehead atoms. The molecule has 9 atom stereocenters. The minimum atomic E-state index is -1.23. The molecule has 198 valence electrons. The number of hydrogen-bond donors (Lipinski definition) is 1. The van der Waals surface area contributed by atoms with E-state index in [1.807, 2.05) is 19.9 Å². The van der Waals surface area contributed by atoms with Crippen molar-refractivity contribution in [3.8, 4) is 0 Å². The molecule has 3 fully saturated rings. The molecule has 2 spiro atoms. The van der Waals surface area contributed by atoms with E-state index in [4.69, 9.17) is 23.7 Å². The Morgan fingerprint density at radius 3 is 2.69 bits per heavy atom. The number of epoxide rings is 1. The van der Waals surface area contributed by atoms with Gasteiger partial charge in [0.15, 0.2) is 6.10 Å². The van der Waals surface area contributed by atoms with Gasteiger partial charge in [0.1, 0.15) is 18.3 Å². The van der Waals surface area contributed by atoms with Gasteiger partial charge in [-0.15, -0.1) is 0 Å². The van der Waals surface area contributed by atoms with Gasteiger partial charge < -0.3 is 28.8 Å². The van der Waals surface area contributed by atoms with Gasteiger partial charge in [0.25, 0.3) is 0 Å². The number of carbonyl (C=O) groups is 2. The Morgan fingerprint density at radius 2 is 1.92 bits per heavy atom. The third-order valence-electron chi connectivity index (χ3n) is 8.81. The Balaban J connectivity index is 1.44. The molecule has 36 heavy (non-hydrogen) atoms. The SMILES string of the molecule is CC1=CC2O[C@@H]3CC4CC(C35CO5)[C@]2(CC1)COC(=O)[C@@H](O)C(C)CCOC(C)C=CC=CC(=O)O4. The smallest absolute Gasteiger partial charge is 0.335 e. The summed E-state index contributed by atoms with van der Waals surface area (Å²) in [5, 5.41) is 10.7. The van der Waals surface area contributed by atoms with Crippen molar-refractivity contribution in [3.63, 3.8) is 0 Å². The molecule has 0 radical (unpaired) electrons. The van der Waals surface area contributed by atoms with Crippen LogP contribution in [-0.2, 0) is 33.3 Å². The van der Waals surface area contributed by atoms with Gasteiger partial charge in [-0.2, -0.15) is 0 Å². The quantitative estimate of drug-likeness (QED) is 0.306. The van der Waals surface area contributed by atoms with Crippen LogP contribution < -0.4 is 0 Å². The second-order valence-corrected chi connectivity index (χ2v) is 11.3. The number of fused-ring (bicyclic) bond motifs is 1. The van der Waals surface area contributed by atoms with Gasteiger partial charge in [-0.1, -0.05) is 36.8 Å². The van der Waals surface area contributed by atoms with Crippen LogP contribution in [0.3, 0.4) is 0 Å². The summed E-state index contributed by atoms with van der Waals surface area (Å²) in [5.41, 5.74) is 0.319. The lowest BCUT2D eigenvalue weighted by molar-refractivity contribution is -0.240. The van der Waals surface area contributed by atoms with Crippen LogP contribution in [-0.4, -0.2) is 73.0 Å². The predicted molar refractivity (Wildman–Crippen MR) is 130 cm³/mol. The van der Waals surface area contributed by atoms with Gasteiger partial charge in [-0.3, -0.25) is 0 Å². The van der Waals surface area contributed by atoms with Crippen LogP contribution in [0.4, 0.5) is 0 Å². The summed E-state index contributed by atoms with van der Waals surface area (Å²) in [4.78, 5) is 25.5. The molecule has 0 aromatic carbocycles. The van der Waals surface area contributed by atoms with E-state index in [0.717, 1.165) is 12.8 Å². The average Bonchev–Trinajstić information content (AvgIpc) is 3.62. The Labute approximate surface area is 212 Å². The van der Waals surface area contributed by atoms with Crippen molar-refractivity contribution in [2.45, 2.75) is 89.0 Å². The van der Waals surface area contributed by atoms with Crippen molar-refractivity contribution in [1.82, 2.24) is 0 Å². The Hall–Kier alpha value is -2.00. The highest BCUT2D eigenvalue weighted by molar-refractivity contribution is 5.82. The second kappa shape index (κ2) is 10.0. The summed E-state index contributed by atoms with van der Waals surface area (Å²) in [7, 11) is 0. The van der Waals surface area contributed by atoms with Gasteiger partial charge in [0.05, 0.1) is 24.9 Å². The summed E-state index contributed by atoms with van der Waals surface area (Å²) >= 11 is 0. The maximum absolute atomic E-state index is 12.9. The number of hydrogen-bond acceptors (Lipinski definition) is 8. The van der Waals surface area contributed by atoms with Gasteiger partial charge in [-0.25, -0.2) is 9.59 Å². The average molecular weight is 503 g/mol. The maximum Gasteiger partial charge on any atom is 0.335 e. The van der Waals surface area contributed by atoms with Crippen molar-refractivity contribution in [2.24, 2.45) is 17.3 Å². The van der Waals surface area contributed by atoms with Crippen molar-refractivity contribution in [1.29, 1.82) is 0 Å². The molecule has 3 aliphatic heterocycles. The molecule has 0 aromatic heterocycles. The Morgan fingerprint density at radius 1 is 1.11 bits per heavy atom. The fraction of sp³-hybridized carbons (Fsp3) is 0.714. The highest BCUT2D eigenvalue weighted by Gasteiger charge is 2.72. The predicted octanol–water partition coefficient (Wildman–Crippen LogP) is 3.03. The van der Waals surface area contributed by atoms with Gasteiger partial charge in [-0.05, 0) is 45.4 Å². The van der Waals surface area contributed by atoms with Crippen LogP contribution in [0.5, 0.6) is 0 Å². The summed E-state index contributed by atoms with van der Waals surface area (Å²) < 4.78 is 30.1. The molecule has 0 aromatic rings. The number of rotatable bonds is 0. The van der Waals surface area contributed by atoms with Gasteiger partial charge in [0.2, 0.25) is 0 Å². The largest absolute Gasteiger partial charge is 0.463 e. The number of esters is 2. The fourth-order valence-electron chi connectivity index (χ4n) is 6.47. The lowest BCUT2D eigenvalue weighted by Gasteiger charge is -2.58. The topological polar surface area (TPSA) is 104 Å². The van der Waals surface area contributed by atoms with Gasteiger partial charge >= 0.3 is 11.9 Å². The number of carbonyl (C=O) groups excluding carboxylic acids is 2. The van der Waals surface area contributed by atoms with Crippen LogP contribution in [0.1, 0.15) is 52.9 Å². The first-order chi connectivity index (χ1) is 17.2. The summed E-state index contributed by atoms with van der Waals surface area (Å²) in [6.07, 6.45) is 10.1. The summed E-state index contributed by atoms with van der Waals surface area (Å²) in [5.74, 6) is -1.32. The molecule has 2 saturated heterocycles. The van der Waals surface area contributed by atoms with Crippen molar-refractivity contribution >= 4 is 11.9 Å². The minimum Gasteiger partial charge on any atom is -0.463 e. The molecule has 0 amide bonds. The molecular formula is C28H38O8. The first kappa shape index (κ1) is 25.6. The van der Waals surface area contributed by atoms with E-state index in [1.54, 1.807) is 12.2 Å². The van der Waals surface area contributed by atoms with E-state index in [9.17, 15) is 14.7 Å². The molecule has 6 unspecified atom stereocenters. The van der Waals surface area contributed by atoms with Crippen molar-refractivity contribution in [3.05, 3.63) is 36.0 Å². The van der Waals surface area contributed by atoms with Crippen LogP contribution in [0, 0.1) is 17.3 Å². The fourth-order valence-corrected chi connectivity index (χ4v) is 6.47. The van der Waals surface area contributed by atoms with Crippen LogP contribution >= 0.6 is 0 Å². The number of ether oxygens (including phenoxy) is 5. The van der Waals surface area contributed by atoms with Gasteiger partial charge in [0, 0.05) is 30.4 Å². The van der Waals surface area contributed by atoms with E-state index < -0.39 is 29.1 Å². The molecule has 5 rings (SSSR count). The standard InChI is InChI=1S/C28H38O8/c1-17-8-10-27-15-33-26(31)25(30)18(2)9-11-32-19(3)6-4-5-7-24(29)35-20-13-21(27)28(16-34-28)23(14-20)36-22(27)12-17/h4-7,12,18-23,25,30H,8-11,13-16H2,1-3H3/t18?,19?,20?,21?,22?,23-,25+,27+,28?/m1/s1. The molecule has 5 aliphatic rings. The minimum absolute atomic E-state index is 0.00669. The maximum atomic E-state index is 12.9. The zero-order valence-corrected chi connectivity index (χ0v) is 21.4. The van der Waals surface area contributed by atoms with E-state index >= 15 is 0 Å². The van der Waals surface area contributed by atoms with Crippen LogP contribution in [0.25, 0.3) is 0 Å².